The summed E-state index contributed by atoms with van der Waals surface area (Å²) in [5, 5.41) is 11.9. The van der Waals surface area contributed by atoms with E-state index in [2.05, 4.69) is 20.6 Å². The number of carbonyl (C=O) groups excluding carboxylic acids is 3. The van der Waals surface area contributed by atoms with Crippen molar-refractivity contribution in [2.75, 3.05) is 0 Å². The highest BCUT2D eigenvalue weighted by Crippen LogP contribution is 2.29. The first kappa shape index (κ1) is 19.3. The first-order valence-electron chi connectivity index (χ1n) is 10.6. The third-order valence-electron chi connectivity index (χ3n) is 6.16. The number of amides is 3. The highest BCUT2D eigenvalue weighted by Gasteiger charge is 2.39. The van der Waals surface area contributed by atoms with Crippen LogP contribution in [0.1, 0.15) is 28.8 Å². The molecular weight excluding hydrogens is 420 g/mol. The smallest absolute Gasteiger partial charge is 0.255 e. The SMILES string of the molecule is O=C1CCC(N2Cc3cc(-n4cc(-c5ccc6ncccc6c5)nn4)ccc3C2=O)C(=O)N1. The zero-order valence-electron chi connectivity index (χ0n) is 17.4. The zero-order valence-corrected chi connectivity index (χ0v) is 17.4. The number of benzene rings is 2. The Morgan fingerprint density at radius 1 is 1.03 bits per heavy atom. The summed E-state index contributed by atoms with van der Waals surface area (Å²) in [5.41, 5.74) is 4.72. The molecule has 2 aromatic carbocycles. The van der Waals surface area contributed by atoms with Crippen molar-refractivity contribution in [1.29, 1.82) is 0 Å². The standard InChI is InChI=1S/C24H18N6O3/c31-22-8-7-21(23(32)26-22)29-12-16-11-17(4-5-18(16)24(29)33)30-13-20(27-28-30)15-3-6-19-14(10-15)2-1-9-25-19/h1-6,9-11,13,21H,7-8,12H2,(H,26,31,32). The van der Waals surface area contributed by atoms with Crippen LogP contribution < -0.4 is 5.32 Å². The average Bonchev–Trinajstić information content (AvgIpc) is 3.44. The second-order valence-corrected chi connectivity index (χ2v) is 8.20. The quantitative estimate of drug-likeness (QED) is 0.491. The molecule has 1 atom stereocenters. The Bertz CT molecular complexity index is 1460. The molecule has 3 amide bonds. The fourth-order valence-electron chi connectivity index (χ4n) is 4.46. The van der Waals surface area contributed by atoms with E-state index >= 15 is 0 Å². The van der Waals surface area contributed by atoms with Crippen molar-refractivity contribution in [3.8, 4) is 16.9 Å². The minimum atomic E-state index is -0.633. The summed E-state index contributed by atoms with van der Waals surface area (Å²) >= 11 is 0. The Labute approximate surface area is 188 Å². The molecule has 33 heavy (non-hydrogen) atoms. The summed E-state index contributed by atoms with van der Waals surface area (Å²) in [6, 6.07) is 14.7. The van der Waals surface area contributed by atoms with Gasteiger partial charge in [-0.05, 0) is 48.4 Å². The van der Waals surface area contributed by atoms with Crippen molar-refractivity contribution < 1.29 is 14.4 Å². The van der Waals surface area contributed by atoms with Gasteiger partial charge in [-0.3, -0.25) is 24.7 Å². The molecule has 4 aromatic rings. The Morgan fingerprint density at radius 2 is 1.94 bits per heavy atom. The molecule has 2 aromatic heterocycles. The monoisotopic (exact) mass is 438 g/mol. The molecule has 9 heteroatoms. The molecule has 4 heterocycles. The lowest BCUT2D eigenvalue weighted by Crippen LogP contribution is -2.52. The van der Waals surface area contributed by atoms with E-state index in [4.69, 9.17) is 0 Å². The van der Waals surface area contributed by atoms with Gasteiger partial charge in [0.25, 0.3) is 5.91 Å². The summed E-state index contributed by atoms with van der Waals surface area (Å²) < 4.78 is 1.67. The molecule has 0 saturated carbocycles. The van der Waals surface area contributed by atoms with E-state index in [-0.39, 0.29) is 18.2 Å². The van der Waals surface area contributed by atoms with Crippen molar-refractivity contribution in [1.82, 2.24) is 30.2 Å². The van der Waals surface area contributed by atoms with E-state index in [0.717, 1.165) is 33.4 Å². The third-order valence-corrected chi connectivity index (χ3v) is 6.16. The molecule has 162 valence electrons. The molecule has 9 nitrogen and oxygen atoms in total. The molecular formula is C24H18N6O3. The van der Waals surface area contributed by atoms with E-state index in [0.29, 0.717) is 18.5 Å². The molecule has 1 unspecified atom stereocenters. The lowest BCUT2D eigenvalue weighted by molar-refractivity contribution is -0.136. The van der Waals surface area contributed by atoms with E-state index in [1.165, 1.54) is 4.90 Å². The second kappa shape index (κ2) is 7.33. The zero-order chi connectivity index (χ0) is 22.5. The van der Waals surface area contributed by atoms with Crippen LogP contribution in [0.4, 0.5) is 0 Å². The van der Waals surface area contributed by atoms with Crippen LogP contribution >= 0.6 is 0 Å². The van der Waals surface area contributed by atoms with Gasteiger partial charge in [-0.1, -0.05) is 17.3 Å². The topological polar surface area (TPSA) is 110 Å². The van der Waals surface area contributed by atoms with Crippen LogP contribution in [0.5, 0.6) is 0 Å². The maximum Gasteiger partial charge on any atom is 0.255 e. The van der Waals surface area contributed by atoms with Gasteiger partial charge in [0.15, 0.2) is 0 Å². The largest absolute Gasteiger partial charge is 0.322 e. The number of carbonyl (C=O) groups is 3. The van der Waals surface area contributed by atoms with Gasteiger partial charge >= 0.3 is 0 Å². The van der Waals surface area contributed by atoms with E-state index in [1.54, 1.807) is 16.9 Å². The van der Waals surface area contributed by atoms with Crippen molar-refractivity contribution in [3.05, 3.63) is 72.1 Å². The van der Waals surface area contributed by atoms with E-state index < -0.39 is 11.9 Å². The second-order valence-electron chi connectivity index (χ2n) is 8.20. The van der Waals surface area contributed by atoms with Crippen LogP contribution in [0.2, 0.25) is 0 Å². The van der Waals surface area contributed by atoms with Crippen LogP contribution in [0.3, 0.4) is 0 Å². The summed E-state index contributed by atoms with van der Waals surface area (Å²) in [4.78, 5) is 42.5. The predicted molar refractivity (Wildman–Crippen MR) is 118 cm³/mol. The number of piperidine rings is 1. The first-order chi connectivity index (χ1) is 16.1. The van der Waals surface area contributed by atoms with Crippen LogP contribution in [0.25, 0.3) is 27.8 Å². The van der Waals surface area contributed by atoms with Crippen molar-refractivity contribution in [2.24, 2.45) is 0 Å². The van der Waals surface area contributed by atoms with Gasteiger partial charge in [0.2, 0.25) is 11.8 Å². The van der Waals surface area contributed by atoms with Gasteiger partial charge in [0, 0.05) is 35.7 Å². The van der Waals surface area contributed by atoms with E-state index in [1.807, 2.05) is 48.7 Å². The molecule has 2 aliphatic heterocycles. The molecule has 1 fully saturated rings. The Morgan fingerprint density at radius 3 is 2.82 bits per heavy atom. The van der Waals surface area contributed by atoms with E-state index in [9.17, 15) is 14.4 Å². The number of nitrogens with one attached hydrogen (secondary N) is 1. The fourth-order valence-corrected chi connectivity index (χ4v) is 4.46. The first-order valence-corrected chi connectivity index (χ1v) is 10.6. The lowest BCUT2D eigenvalue weighted by atomic mass is 10.0. The molecule has 1 N–H and O–H groups in total. The third kappa shape index (κ3) is 3.25. The number of nitrogens with zero attached hydrogens (tertiary/aromatic N) is 5. The highest BCUT2D eigenvalue weighted by atomic mass is 16.2. The number of pyridine rings is 1. The number of fused-ring (bicyclic) bond motifs is 2. The van der Waals surface area contributed by atoms with Gasteiger partial charge in [0.05, 0.1) is 17.4 Å². The predicted octanol–water partition coefficient (Wildman–Crippen LogP) is 2.24. The summed E-state index contributed by atoms with van der Waals surface area (Å²) in [6.45, 7) is 0.313. The van der Waals surface area contributed by atoms with Gasteiger partial charge in [0.1, 0.15) is 11.7 Å². The normalized spacial score (nSPS) is 18.0. The number of aromatic nitrogens is 4. The molecule has 1 saturated heterocycles. The fraction of sp³-hybridized carbons (Fsp3) is 0.167. The number of hydrogen-bond acceptors (Lipinski definition) is 6. The minimum absolute atomic E-state index is 0.199. The van der Waals surface area contributed by atoms with Crippen molar-refractivity contribution >= 4 is 28.6 Å². The number of imide groups is 1. The van der Waals surface area contributed by atoms with Crippen LogP contribution in [0, 0.1) is 0 Å². The summed E-state index contributed by atoms with van der Waals surface area (Å²) in [6.07, 6.45) is 4.17. The average molecular weight is 438 g/mol. The van der Waals surface area contributed by atoms with Crippen molar-refractivity contribution in [3.63, 3.8) is 0 Å². The van der Waals surface area contributed by atoms with Gasteiger partial charge < -0.3 is 4.90 Å². The molecule has 0 radical (unpaired) electrons. The molecule has 6 rings (SSSR count). The van der Waals surface area contributed by atoms with Gasteiger partial charge in [-0.15, -0.1) is 5.10 Å². The van der Waals surface area contributed by atoms with Crippen molar-refractivity contribution in [2.45, 2.75) is 25.4 Å². The molecule has 2 aliphatic rings. The summed E-state index contributed by atoms with van der Waals surface area (Å²) in [5.74, 6) is -0.915. The molecule has 0 bridgehead atoms. The Hall–Kier alpha value is -4.40. The van der Waals surface area contributed by atoms with Crippen LogP contribution in [-0.4, -0.2) is 48.6 Å². The number of rotatable bonds is 3. The summed E-state index contributed by atoms with van der Waals surface area (Å²) in [7, 11) is 0. The minimum Gasteiger partial charge on any atom is -0.322 e. The van der Waals surface area contributed by atoms with Crippen LogP contribution in [-0.2, 0) is 16.1 Å². The van der Waals surface area contributed by atoms with Gasteiger partial charge in [-0.2, -0.15) is 0 Å². The lowest BCUT2D eigenvalue weighted by Gasteiger charge is -2.29. The maximum atomic E-state index is 12.9. The van der Waals surface area contributed by atoms with Gasteiger partial charge in [-0.25, -0.2) is 4.68 Å². The molecule has 0 spiro atoms. The van der Waals surface area contributed by atoms with Crippen LogP contribution in [0.15, 0.2) is 60.9 Å². The Balaban J connectivity index is 1.27. The number of hydrogen-bond donors (Lipinski definition) is 1. The molecule has 0 aliphatic carbocycles. The Kier molecular flexibility index (Phi) is 4.29. The maximum absolute atomic E-state index is 12.9. The highest BCUT2D eigenvalue weighted by molar-refractivity contribution is 6.05.